The van der Waals surface area contributed by atoms with Crippen molar-refractivity contribution in [3.8, 4) is 5.75 Å². The Kier molecular flexibility index (Phi) is 4.10. The standard InChI is InChI=1S/C13H17FO3/c1-9-8-10(14)4-5-11(9)17-7-6-13(2,3)12(15)16/h4-5,8H,6-7H2,1-3H3,(H,15,16). The lowest BCUT2D eigenvalue weighted by molar-refractivity contribution is -0.147. The smallest absolute Gasteiger partial charge is 0.309 e. The van der Waals surface area contributed by atoms with Crippen LogP contribution in [0.4, 0.5) is 4.39 Å². The van der Waals surface area contributed by atoms with Crippen molar-refractivity contribution in [1.29, 1.82) is 0 Å². The van der Waals surface area contributed by atoms with E-state index in [1.165, 1.54) is 12.1 Å². The zero-order valence-electron chi connectivity index (χ0n) is 10.3. The van der Waals surface area contributed by atoms with Crippen LogP contribution in [0.15, 0.2) is 18.2 Å². The van der Waals surface area contributed by atoms with Gasteiger partial charge in [-0.25, -0.2) is 4.39 Å². The van der Waals surface area contributed by atoms with Crippen LogP contribution in [0, 0.1) is 18.2 Å². The fourth-order valence-corrected chi connectivity index (χ4v) is 1.30. The van der Waals surface area contributed by atoms with Crippen molar-refractivity contribution < 1.29 is 19.0 Å². The van der Waals surface area contributed by atoms with Crippen molar-refractivity contribution in [1.82, 2.24) is 0 Å². The van der Waals surface area contributed by atoms with E-state index in [1.54, 1.807) is 26.8 Å². The lowest BCUT2D eigenvalue weighted by Crippen LogP contribution is -2.25. The molecule has 1 rings (SSSR count). The van der Waals surface area contributed by atoms with E-state index in [0.717, 1.165) is 0 Å². The van der Waals surface area contributed by atoms with Crippen LogP contribution in [0.25, 0.3) is 0 Å². The van der Waals surface area contributed by atoms with Gasteiger partial charge in [-0.2, -0.15) is 0 Å². The zero-order valence-corrected chi connectivity index (χ0v) is 10.3. The lowest BCUT2D eigenvalue weighted by Gasteiger charge is -2.19. The Labute approximate surface area is 100 Å². The largest absolute Gasteiger partial charge is 0.493 e. The quantitative estimate of drug-likeness (QED) is 0.860. The van der Waals surface area contributed by atoms with Gasteiger partial charge in [0.2, 0.25) is 0 Å². The molecule has 1 N–H and O–H groups in total. The maximum Gasteiger partial charge on any atom is 0.309 e. The van der Waals surface area contributed by atoms with Gasteiger partial charge in [0.15, 0.2) is 0 Å². The Hall–Kier alpha value is -1.58. The highest BCUT2D eigenvalue weighted by atomic mass is 19.1. The molecule has 0 aliphatic rings. The average Bonchev–Trinajstić information content (AvgIpc) is 2.21. The van der Waals surface area contributed by atoms with Crippen LogP contribution >= 0.6 is 0 Å². The molecule has 0 amide bonds. The minimum absolute atomic E-state index is 0.297. The molecule has 0 radical (unpaired) electrons. The number of carbonyl (C=O) groups is 1. The highest BCUT2D eigenvalue weighted by molar-refractivity contribution is 5.73. The van der Waals surface area contributed by atoms with Gasteiger partial charge in [0, 0.05) is 0 Å². The van der Waals surface area contributed by atoms with E-state index in [-0.39, 0.29) is 5.82 Å². The number of rotatable bonds is 5. The van der Waals surface area contributed by atoms with Gasteiger partial charge in [0.05, 0.1) is 12.0 Å². The Morgan fingerprint density at radius 2 is 2.12 bits per heavy atom. The predicted molar refractivity (Wildman–Crippen MR) is 62.7 cm³/mol. The third-order valence-electron chi connectivity index (χ3n) is 2.70. The number of carboxylic acid groups (broad SMARTS) is 1. The van der Waals surface area contributed by atoms with Crippen molar-refractivity contribution in [3.63, 3.8) is 0 Å². The molecule has 1 aromatic carbocycles. The van der Waals surface area contributed by atoms with Crippen LogP contribution in [0.5, 0.6) is 5.75 Å². The summed E-state index contributed by atoms with van der Waals surface area (Å²) >= 11 is 0. The summed E-state index contributed by atoms with van der Waals surface area (Å²) in [6, 6.07) is 4.26. The van der Waals surface area contributed by atoms with Crippen LogP contribution in [-0.4, -0.2) is 17.7 Å². The van der Waals surface area contributed by atoms with Gasteiger partial charge >= 0.3 is 5.97 Å². The molecule has 94 valence electrons. The summed E-state index contributed by atoms with van der Waals surface area (Å²) in [5.74, 6) is -0.565. The third-order valence-corrected chi connectivity index (χ3v) is 2.70. The van der Waals surface area contributed by atoms with E-state index in [2.05, 4.69) is 0 Å². The van der Waals surface area contributed by atoms with Crippen molar-refractivity contribution in [3.05, 3.63) is 29.6 Å². The van der Waals surface area contributed by atoms with E-state index < -0.39 is 11.4 Å². The Balaban J connectivity index is 2.54. The van der Waals surface area contributed by atoms with Gasteiger partial charge in [-0.05, 0) is 51.0 Å². The minimum atomic E-state index is -0.850. The molecular formula is C13H17FO3. The normalized spacial score (nSPS) is 11.3. The summed E-state index contributed by atoms with van der Waals surface area (Å²) in [5, 5.41) is 8.92. The molecule has 0 spiro atoms. The number of hydrogen-bond donors (Lipinski definition) is 1. The molecule has 0 saturated carbocycles. The van der Waals surface area contributed by atoms with Gasteiger partial charge in [-0.1, -0.05) is 0 Å². The highest BCUT2D eigenvalue weighted by Gasteiger charge is 2.26. The van der Waals surface area contributed by atoms with Gasteiger partial charge in [-0.15, -0.1) is 0 Å². The summed E-state index contributed by atoms with van der Waals surface area (Å²) in [7, 11) is 0. The number of benzene rings is 1. The number of halogens is 1. The first-order valence-electron chi connectivity index (χ1n) is 5.45. The molecule has 0 heterocycles. The van der Waals surface area contributed by atoms with Crippen molar-refractivity contribution in [2.75, 3.05) is 6.61 Å². The maximum absolute atomic E-state index is 12.8. The fourth-order valence-electron chi connectivity index (χ4n) is 1.30. The summed E-state index contributed by atoms with van der Waals surface area (Å²) in [4.78, 5) is 10.9. The van der Waals surface area contributed by atoms with Gasteiger partial charge in [0.1, 0.15) is 11.6 Å². The van der Waals surface area contributed by atoms with E-state index in [9.17, 15) is 9.18 Å². The van der Waals surface area contributed by atoms with Crippen molar-refractivity contribution >= 4 is 5.97 Å². The summed E-state index contributed by atoms with van der Waals surface area (Å²) in [5.41, 5.74) is -0.105. The van der Waals surface area contributed by atoms with Gasteiger partial charge in [0.25, 0.3) is 0 Å². The molecule has 0 unspecified atom stereocenters. The van der Waals surface area contributed by atoms with Crippen molar-refractivity contribution in [2.24, 2.45) is 5.41 Å². The van der Waals surface area contributed by atoms with Crippen LogP contribution in [-0.2, 0) is 4.79 Å². The molecule has 0 aromatic heterocycles. The van der Waals surface area contributed by atoms with Gasteiger partial charge < -0.3 is 9.84 Å². The molecule has 17 heavy (non-hydrogen) atoms. The topological polar surface area (TPSA) is 46.5 Å². The third kappa shape index (κ3) is 3.73. The van der Waals surface area contributed by atoms with E-state index in [0.29, 0.717) is 24.3 Å². The average molecular weight is 240 g/mol. The summed E-state index contributed by atoms with van der Waals surface area (Å²) < 4.78 is 18.3. The molecule has 0 fully saturated rings. The second kappa shape index (κ2) is 5.17. The van der Waals surface area contributed by atoms with Crippen molar-refractivity contribution in [2.45, 2.75) is 27.2 Å². The van der Waals surface area contributed by atoms with Gasteiger partial charge in [-0.3, -0.25) is 4.79 Å². The van der Waals surface area contributed by atoms with E-state index in [4.69, 9.17) is 9.84 Å². The molecule has 0 aliphatic heterocycles. The molecule has 0 saturated heterocycles. The van der Waals surface area contributed by atoms with E-state index >= 15 is 0 Å². The number of hydrogen-bond acceptors (Lipinski definition) is 2. The second-order valence-corrected chi connectivity index (χ2v) is 4.70. The summed E-state index contributed by atoms with van der Waals surface area (Å²) in [6.45, 7) is 5.35. The highest BCUT2D eigenvalue weighted by Crippen LogP contribution is 2.23. The minimum Gasteiger partial charge on any atom is -0.493 e. The first kappa shape index (κ1) is 13.5. The molecule has 3 nitrogen and oxygen atoms in total. The SMILES string of the molecule is Cc1cc(F)ccc1OCCC(C)(C)C(=O)O. The first-order valence-corrected chi connectivity index (χ1v) is 5.45. The summed E-state index contributed by atoms with van der Waals surface area (Å²) in [6.07, 6.45) is 0.402. The Morgan fingerprint density at radius 3 is 2.65 bits per heavy atom. The molecule has 0 atom stereocenters. The Morgan fingerprint density at radius 1 is 1.47 bits per heavy atom. The predicted octanol–water partition coefficient (Wildman–Crippen LogP) is 3.01. The van der Waals surface area contributed by atoms with Crippen LogP contribution in [0.2, 0.25) is 0 Å². The molecule has 1 aromatic rings. The second-order valence-electron chi connectivity index (χ2n) is 4.70. The molecular weight excluding hydrogens is 223 g/mol. The molecule has 4 heteroatoms. The molecule has 0 bridgehead atoms. The monoisotopic (exact) mass is 240 g/mol. The number of aryl methyl sites for hydroxylation is 1. The fraction of sp³-hybridized carbons (Fsp3) is 0.462. The lowest BCUT2D eigenvalue weighted by atomic mass is 9.90. The van der Waals surface area contributed by atoms with Crippen LogP contribution in [0.1, 0.15) is 25.8 Å². The maximum atomic E-state index is 12.8. The molecule has 0 aliphatic carbocycles. The number of ether oxygens (including phenoxy) is 1. The number of carboxylic acids is 1. The van der Waals surface area contributed by atoms with Crippen LogP contribution < -0.4 is 4.74 Å². The van der Waals surface area contributed by atoms with E-state index in [1.807, 2.05) is 0 Å². The first-order chi connectivity index (χ1) is 7.83. The zero-order chi connectivity index (χ0) is 13.1. The van der Waals surface area contributed by atoms with Crippen LogP contribution in [0.3, 0.4) is 0 Å². The number of aliphatic carboxylic acids is 1. The Bertz CT molecular complexity index is 413.